The Labute approximate surface area is 127 Å². The number of aromatic nitrogens is 2. The maximum Gasteiger partial charge on any atom is 0.299 e. The van der Waals surface area contributed by atoms with Crippen LogP contribution in [0.2, 0.25) is 0 Å². The number of nitrogens with one attached hydrogen (secondary N) is 1. The Kier molecular flexibility index (Phi) is 3.64. The first kappa shape index (κ1) is 14.3. The van der Waals surface area contributed by atoms with Crippen molar-refractivity contribution in [2.45, 2.75) is 12.0 Å². The van der Waals surface area contributed by atoms with Gasteiger partial charge in [-0.1, -0.05) is 41.6 Å². The van der Waals surface area contributed by atoms with E-state index in [0.29, 0.717) is 11.3 Å². The molecule has 6 nitrogen and oxygen atoms in total. The molecular formula is C15H13N3O3S. The van der Waals surface area contributed by atoms with Crippen LogP contribution in [0.5, 0.6) is 0 Å². The van der Waals surface area contributed by atoms with Gasteiger partial charge in [-0.25, -0.2) is 4.98 Å². The molecule has 0 unspecified atom stereocenters. The van der Waals surface area contributed by atoms with Gasteiger partial charge in [0.2, 0.25) is 0 Å². The number of sulfonamides is 1. The Morgan fingerprint density at radius 1 is 1.05 bits per heavy atom. The van der Waals surface area contributed by atoms with Gasteiger partial charge in [-0.05, 0) is 19.1 Å². The second kappa shape index (κ2) is 5.61. The van der Waals surface area contributed by atoms with Gasteiger partial charge in [-0.3, -0.25) is 4.72 Å². The first-order valence-electron chi connectivity index (χ1n) is 6.53. The Hall–Kier alpha value is -2.67. The first-order chi connectivity index (χ1) is 10.6. The Bertz CT molecular complexity index is 875. The van der Waals surface area contributed by atoms with Crippen LogP contribution < -0.4 is 4.72 Å². The molecule has 0 radical (unpaired) electrons. The summed E-state index contributed by atoms with van der Waals surface area (Å²) in [6, 6.07) is 14.2. The number of hydrogen-bond donors (Lipinski definition) is 1. The van der Waals surface area contributed by atoms with Crippen LogP contribution in [0.1, 0.15) is 5.56 Å². The van der Waals surface area contributed by atoms with Gasteiger partial charge in [0.1, 0.15) is 11.5 Å². The van der Waals surface area contributed by atoms with Crippen molar-refractivity contribution in [3.05, 3.63) is 60.3 Å². The van der Waals surface area contributed by atoms with E-state index < -0.39 is 10.0 Å². The second-order valence-electron chi connectivity index (χ2n) is 4.63. The topological polar surface area (TPSA) is 85.1 Å². The van der Waals surface area contributed by atoms with Gasteiger partial charge < -0.3 is 4.52 Å². The Balaban J connectivity index is 1.97. The number of rotatable bonds is 4. The predicted molar refractivity (Wildman–Crippen MR) is 81.7 cm³/mol. The lowest BCUT2D eigenvalue weighted by Crippen LogP contribution is -2.14. The fraction of sp³-hybridized carbons (Fsp3) is 0.0667. The molecular weight excluding hydrogens is 302 g/mol. The first-order valence-corrected chi connectivity index (χ1v) is 8.02. The summed E-state index contributed by atoms with van der Waals surface area (Å²) in [5.41, 5.74) is 1.75. The summed E-state index contributed by atoms with van der Waals surface area (Å²) >= 11 is 0. The molecule has 2 heterocycles. The van der Waals surface area contributed by atoms with Crippen molar-refractivity contribution in [2.75, 3.05) is 4.72 Å². The van der Waals surface area contributed by atoms with Crippen molar-refractivity contribution in [1.29, 1.82) is 0 Å². The largest absolute Gasteiger partial charge is 0.342 e. The molecule has 3 rings (SSSR count). The highest BCUT2D eigenvalue weighted by Gasteiger charge is 2.26. The maximum atomic E-state index is 12.4. The zero-order valence-corrected chi connectivity index (χ0v) is 12.5. The lowest BCUT2D eigenvalue weighted by Gasteiger charge is -2.04. The van der Waals surface area contributed by atoms with Crippen LogP contribution in [-0.4, -0.2) is 18.6 Å². The third-order valence-electron chi connectivity index (χ3n) is 3.08. The molecule has 0 aliphatic rings. The molecule has 0 aliphatic carbocycles. The van der Waals surface area contributed by atoms with E-state index in [2.05, 4.69) is 14.9 Å². The van der Waals surface area contributed by atoms with E-state index in [-0.39, 0.29) is 10.9 Å². The van der Waals surface area contributed by atoms with Crippen LogP contribution in [0.3, 0.4) is 0 Å². The average Bonchev–Trinajstić information content (AvgIpc) is 2.91. The smallest absolute Gasteiger partial charge is 0.299 e. The van der Waals surface area contributed by atoms with Crippen molar-refractivity contribution in [1.82, 2.24) is 10.1 Å². The van der Waals surface area contributed by atoms with Gasteiger partial charge >= 0.3 is 0 Å². The number of nitrogens with zero attached hydrogens (tertiary/aromatic N) is 2. The van der Waals surface area contributed by atoms with E-state index in [4.69, 9.17) is 4.52 Å². The zero-order chi connectivity index (χ0) is 15.6. The summed E-state index contributed by atoms with van der Waals surface area (Å²) < 4.78 is 32.2. The molecule has 0 saturated heterocycles. The van der Waals surface area contributed by atoms with E-state index in [9.17, 15) is 8.42 Å². The van der Waals surface area contributed by atoms with Crippen LogP contribution in [-0.2, 0) is 10.0 Å². The molecule has 112 valence electrons. The molecule has 0 spiro atoms. The van der Waals surface area contributed by atoms with Crippen molar-refractivity contribution in [2.24, 2.45) is 0 Å². The van der Waals surface area contributed by atoms with Crippen LogP contribution in [0.25, 0.3) is 11.3 Å². The van der Waals surface area contributed by atoms with Gasteiger partial charge in [-0.15, -0.1) is 0 Å². The number of benzene rings is 1. The quantitative estimate of drug-likeness (QED) is 0.800. The fourth-order valence-corrected chi connectivity index (χ4v) is 3.17. The van der Waals surface area contributed by atoms with Crippen molar-refractivity contribution >= 4 is 15.8 Å². The van der Waals surface area contributed by atoms with E-state index in [1.807, 2.05) is 30.3 Å². The average molecular weight is 315 g/mol. The summed E-state index contributed by atoms with van der Waals surface area (Å²) in [4.78, 5) is 3.93. The molecule has 0 amide bonds. The van der Waals surface area contributed by atoms with Gasteiger partial charge in [0.05, 0.1) is 0 Å². The monoisotopic (exact) mass is 315 g/mol. The van der Waals surface area contributed by atoms with E-state index in [0.717, 1.165) is 5.56 Å². The van der Waals surface area contributed by atoms with Crippen molar-refractivity contribution in [3.8, 4) is 11.3 Å². The summed E-state index contributed by atoms with van der Waals surface area (Å²) in [5.74, 6) is 0.222. The standard InChI is InChI=1S/C15H13N3O3S/c1-11-14(12-7-3-2-4-8-12)17-21-15(11)22(19,20)18-13-9-5-6-10-16-13/h2-10H,1H3,(H,16,18). The van der Waals surface area contributed by atoms with Crippen LogP contribution in [0, 0.1) is 6.92 Å². The van der Waals surface area contributed by atoms with Crippen molar-refractivity contribution in [3.63, 3.8) is 0 Å². The maximum absolute atomic E-state index is 12.4. The highest BCUT2D eigenvalue weighted by molar-refractivity contribution is 7.92. The minimum atomic E-state index is -3.87. The lowest BCUT2D eigenvalue weighted by atomic mass is 10.1. The third-order valence-corrected chi connectivity index (χ3v) is 4.42. The minimum absolute atomic E-state index is 0.211. The van der Waals surface area contributed by atoms with Gasteiger partial charge in [0.15, 0.2) is 0 Å². The SMILES string of the molecule is Cc1c(-c2ccccc2)noc1S(=O)(=O)Nc1ccccn1. The van der Waals surface area contributed by atoms with Gasteiger partial charge in [-0.2, -0.15) is 8.42 Å². The van der Waals surface area contributed by atoms with Crippen LogP contribution >= 0.6 is 0 Å². The molecule has 0 saturated carbocycles. The molecule has 1 aromatic carbocycles. The second-order valence-corrected chi connectivity index (χ2v) is 6.21. The number of anilines is 1. The fourth-order valence-electron chi connectivity index (χ4n) is 2.04. The van der Waals surface area contributed by atoms with Crippen LogP contribution in [0.15, 0.2) is 64.3 Å². The lowest BCUT2D eigenvalue weighted by molar-refractivity contribution is 0.339. The summed E-state index contributed by atoms with van der Waals surface area (Å²) in [5, 5.41) is 3.67. The Morgan fingerprint density at radius 3 is 2.45 bits per heavy atom. The van der Waals surface area contributed by atoms with Gasteiger partial charge in [0.25, 0.3) is 15.1 Å². The summed E-state index contributed by atoms with van der Waals surface area (Å²) in [6.45, 7) is 1.66. The molecule has 2 aromatic heterocycles. The molecule has 7 heteroatoms. The minimum Gasteiger partial charge on any atom is -0.342 e. The number of pyridine rings is 1. The summed E-state index contributed by atoms with van der Waals surface area (Å²) in [6.07, 6.45) is 1.50. The molecule has 0 atom stereocenters. The Morgan fingerprint density at radius 2 is 1.77 bits per heavy atom. The molecule has 3 aromatic rings. The predicted octanol–water partition coefficient (Wildman–Crippen LogP) is 2.85. The molecule has 0 bridgehead atoms. The highest BCUT2D eigenvalue weighted by atomic mass is 32.2. The molecule has 22 heavy (non-hydrogen) atoms. The van der Waals surface area contributed by atoms with Gasteiger partial charge in [0, 0.05) is 17.3 Å². The summed E-state index contributed by atoms with van der Waals surface area (Å²) in [7, 11) is -3.87. The van der Waals surface area contributed by atoms with Crippen molar-refractivity contribution < 1.29 is 12.9 Å². The highest BCUT2D eigenvalue weighted by Crippen LogP contribution is 2.28. The van der Waals surface area contributed by atoms with E-state index in [1.165, 1.54) is 6.20 Å². The van der Waals surface area contributed by atoms with E-state index >= 15 is 0 Å². The molecule has 1 N–H and O–H groups in total. The zero-order valence-electron chi connectivity index (χ0n) is 11.7. The molecule has 0 aliphatic heterocycles. The normalized spacial score (nSPS) is 11.3. The third kappa shape index (κ3) is 2.71. The van der Waals surface area contributed by atoms with E-state index in [1.54, 1.807) is 25.1 Å². The molecule has 0 fully saturated rings. The number of hydrogen-bond acceptors (Lipinski definition) is 5. The van der Waals surface area contributed by atoms with Crippen LogP contribution in [0.4, 0.5) is 5.82 Å².